The molecule has 1 N–H and O–H groups in total. The molecule has 0 aliphatic heterocycles. The number of ketones is 1. The number of rotatable bonds is 8. The molecule has 1 aliphatic rings. The number of hydrogen-bond donors (Lipinski definition) is 1. The molecular weight excluding hydrogens is 292 g/mol. The van der Waals surface area contributed by atoms with Gasteiger partial charge in [0.05, 0.1) is 31.3 Å². The molecule has 0 saturated carbocycles. The van der Waals surface area contributed by atoms with Crippen LogP contribution in [-0.2, 0) is 20.9 Å². The van der Waals surface area contributed by atoms with E-state index in [1.54, 1.807) is 18.2 Å². The first-order valence-corrected chi connectivity index (χ1v) is 7.90. The van der Waals surface area contributed by atoms with Gasteiger partial charge in [-0.15, -0.1) is 0 Å². The van der Waals surface area contributed by atoms with Gasteiger partial charge < -0.3 is 14.6 Å². The average molecular weight is 316 g/mol. The van der Waals surface area contributed by atoms with Crippen molar-refractivity contribution in [1.82, 2.24) is 0 Å². The molecule has 0 amide bonds. The lowest BCUT2D eigenvalue weighted by molar-refractivity contribution is -0.119. The van der Waals surface area contributed by atoms with Gasteiger partial charge in [-0.05, 0) is 19.4 Å². The van der Waals surface area contributed by atoms with Crippen molar-refractivity contribution in [1.29, 1.82) is 0 Å². The highest BCUT2D eigenvalue weighted by atomic mass is 16.5. The molecule has 1 aromatic rings. The summed E-state index contributed by atoms with van der Waals surface area (Å²) in [5.74, 6) is 0.717. The zero-order chi connectivity index (χ0) is 16.7. The van der Waals surface area contributed by atoms with Gasteiger partial charge in [-0.1, -0.05) is 42.5 Å². The first kappa shape index (κ1) is 17.4. The van der Waals surface area contributed by atoms with Crippen molar-refractivity contribution in [2.45, 2.75) is 33.0 Å². The minimum Gasteiger partial charge on any atom is -0.498 e. The molecule has 0 spiro atoms. The highest BCUT2D eigenvalue weighted by Crippen LogP contribution is 2.36. The molecular formula is C19H24O4. The van der Waals surface area contributed by atoms with Crippen LogP contribution in [0.4, 0.5) is 0 Å². The topological polar surface area (TPSA) is 55.8 Å². The molecule has 0 radical (unpaired) electrons. The zero-order valence-corrected chi connectivity index (χ0v) is 13.7. The number of carbonyl (C=O) groups is 1. The maximum absolute atomic E-state index is 12.1. The Morgan fingerprint density at radius 1 is 1.35 bits per heavy atom. The Balaban J connectivity index is 1.79. The summed E-state index contributed by atoms with van der Waals surface area (Å²) in [4.78, 5) is 12.1. The number of carbonyl (C=O) groups excluding carboxylic acids is 1. The SMILES string of the molecule is CCOC1=CC(=O)[C@@](C)(/C=C/[C@@H](O)COCc2ccccc2)C1. The molecule has 1 aromatic carbocycles. The van der Waals surface area contributed by atoms with Gasteiger partial charge in [0.1, 0.15) is 5.76 Å². The second-order valence-corrected chi connectivity index (χ2v) is 5.93. The second kappa shape index (κ2) is 8.09. The summed E-state index contributed by atoms with van der Waals surface area (Å²) in [5.41, 5.74) is 0.428. The third-order valence-corrected chi connectivity index (χ3v) is 3.81. The van der Waals surface area contributed by atoms with Crippen LogP contribution >= 0.6 is 0 Å². The van der Waals surface area contributed by atoms with Crippen LogP contribution in [0.1, 0.15) is 25.8 Å². The summed E-state index contributed by atoms with van der Waals surface area (Å²) < 4.78 is 10.9. The molecule has 4 nitrogen and oxygen atoms in total. The summed E-state index contributed by atoms with van der Waals surface area (Å²) in [5, 5.41) is 9.99. The third kappa shape index (κ3) is 5.05. The molecule has 0 heterocycles. The molecule has 0 fully saturated rings. The maximum atomic E-state index is 12.1. The fourth-order valence-corrected chi connectivity index (χ4v) is 2.48. The van der Waals surface area contributed by atoms with Crippen molar-refractivity contribution in [2.75, 3.05) is 13.2 Å². The lowest BCUT2D eigenvalue weighted by Gasteiger charge is -2.18. The Hall–Kier alpha value is -1.91. The largest absolute Gasteiger partial charge is 0.498 e. The van der Waals surface area contributed by atoms with Crippen LogP contribution in [0, 0.1) is 5.41 Å². The lowest BCUT2D eigenvalue weighted by Crippen LogP contribution is -2.21. The predicted molar refractivity (Wildman–Crippen MR) is 88.7 cm³/mol. The van der Waals surface area contributed by atoms with Gasteiger partial charge in [-0.25, -0.2) is 0 Å². The molecule has 0 unspecified atom stereocenters. The molecule has 1 aliphatic carbocycles. The summed E-state index contributed by atoms with van der Waals surface area (Å²) in [6.07, 6.45) is 4.74. The number of hydrogen-bond acceptors (Lipinski definition) is 4. The number of ether oxygens (including phenoxy) is 2. The van der Waals surface area contributed by atoms with E-state index >= 15 is 0 Å². The van der Waals surface area contributed by atoms with E-state index in [4.69, 9.17) is 9.47 Å². The summed E-state index contributed by atoms with van der Waals surface area (Å²) in [7, 11) is 0. The van der Waals surface area contributed by atoms with Gasteiger partial charge in [-0.2, -0.15) is 0 Å². The van der Waals surface area contributed by atoms with Gasteiger partial charge in [-0.3, -0.25) is 4.79 Å². The van der Waals surface area contributed by atoms with E-state index in [1.165, 1.54) is 0 Å². The Morgan fingerprint density at radius 2 is 2.09 bits per heavy atom. The van der Waals surface area contributed by atoms with Crippen LogP contribution in [0.3, 0.4) is 0 Å². The Labute approximate surface area is 137 Å². The van der Waals surface area contributed by atoms with E-state index in [9.17, 15) is 9.90 Å². The minimum atomic E-state index is -0.737. The van der Waals surface area contributed by atoms with Gasteiger partial charge >= 0.3 is 0 Å². The highest BCUT2D eigenvalue weighted by Gasteiger charge is 2.36. The van der Waals surface area contributed by atoms with Crippen LogP contribution < -0.4 is 0 Å². The van der Waals surface area contributed by atoms with Crippen molar-refractivity contribution in [2.24, 2.45) is 5.41 Å². The molecule has 0 saturated heterocycles. The van der Waals surface area contributed by atoms with E-state index in [0.717, 1.165) is 5.56 Å². The zero-order valence-electron chi connectivity index (χ0n) is 13.7. The molecule has 0 aromatic heterocycles. The summed E-state index contributed by atoms with van der Waals surface area (Å²) in [6, 6.07) is 9.79. The van der Waals surface area contributed by atoms with E-state index in [0.29, 0.717) is 25.4 Å². The van der Waals surface area contributed by atoms with Crippen molar-refractivity contribution >= 4 is 5.78 Å². The molecule has 23 heavy (non-hydrogen) atoms. The van der Waals surface area contributed by atoms with Crippen LogP contribution in [0.15, 0.2) is 54.3 Å². The van der Waals surface area contributed by atoms with Gasteiger partial charge in [0.15, 0.2) is 5.78 Å². The summed E-state index contributed by atoms with van der Waals surface area (Å²) >= 11 is 0. The van der Waals surface area contributed by atoms with Crippen LogP contribution in [0.5, 0.6) is 0 Å². The van der Waals surface area contributed by atoms with Crippen molar-refractivity contribution in [3.8, 4) is 0 Å². The fourth-order valence-electron chi connectivity index (χ4n) is 2.48. The van der Waals surface area contributed by atoms with Crippen molar-refractivity contribution in [3.05, 3.63) is 59.9 Å². The smallest absolute Gasteiger partial charge is 0.169 e. The van der Waals surface area contributed by atoms with E-state index in [1.807, 2.05) is 44.2 Å². The lowest BCUT2D eigenvalue weighted by atomic mass is 9.86. The van der Waals surface area contributed by atoms with Gasteiger partial charge in [0.2, 0.25) is 0 Å². The maximum Gasteiger partial charge on any atom is 0.169 e. The predicted octanol–water partition coefficient (Wildman–Crippen LogP) is 3.02. The standard InChI is InChI=1S/C19H24O4/c1-3-23-17-11-18(21)19(2,12-17)10-9-16(20)14-22-13-15-7-5-4-6-8-15/h4-11,16,20H,3,12-14H2,1-2H3/b10-9+/t16-,19+/m1/s1. The number of aliphatic hydroxyl groups is 1. The Kier molecular flexibility index (Phi) is 6.13. The molecule has 4 heteroatoms. The first-order chi connectivity index (χ1) is 11.0. The second-order valence-electron chi connectivity index (χ2n) is 5.93. The summed E-state index contributed by atoms with van der Waals surface area (Å²) in [6.45, 7) is 4.95. The van der Waals surface area contributed by atoms with Gasteiger partial charge in [0.25, 0.3) is 0 Å². The molecule has 2 atom stereocenters. The monoisotopic (exact) mass is 316 g/mol. The van der Waals surface area contributed by atoms with E-state index < -0.39 is 11.5 Å². The normalized spacial score (nSPS) is 22.4. The quantitative estimate of drug-likeness (QED) is 0.749. The Bertz CT molecular complexity index is 576. The Morgan fingerprint density at radius 3 is 2.78 bits per heavy atom. The molecule has 2 rings (SSSR count). The van der Waals surface area contributed by atoms with Crippen LogP contribution in [0.25, 0.3) is 0 Å². The third-order valence-electron chi connectivity index (χ3n) is 3.81. The number of benzene rings is 1. The average Bonchev–Trinajstić information content (AvgIpc) is 2.82. The number of aliphatic hydroxyl groups excluding tert-OH is 1. The van der Waals surface area contributed by atoms with Gasteiger partial charge in [0, 0.05) is 12.5 Å². The first-order valence-electron chi connectivity index (χ1n) is 7.90. The highest BCUT2D eigenvalue weighted by molar-refractivity contribution is 5.99. The van der Waals surface area contributed by atoms with E-state index in [-0.39, 0.29) is 12.4 Å². The molecule has 0 bridgehead atoms. The van der Waals surface area contributed by atoms with Crippen LogP contribution in [0.2, 0.25) is 0 Å². The molecule has 124 valence electrons. The van der Waals surface area contributed by atoms with Crippen molar-refractivity contribution < 1.29 is 19.4 Å². The fraction of sp³-hybridized carbons (Fsp3) is 0.421. The minimum absolute atomic E-state index is 0.00889. The van der Waals surface area contributed by atoms with E-state index in [2.05, 4.69) is 0 Å². The van der Waals surface area contributed by atoms with Crippen LogP contribution in [-0.4, -0.2) is 30.2 Å². The van der Waals surface area contributed by atoms with Crippen molar-refractivity contribution in [3.63, 3.8) is 0 Å². The number of allylic oxidation sites excluding steroid dienone is 3.